The lowest BCUT2D eigenvalue weighted by atomic mass is 10.1. The Hall–Kier alpha value is -0.230. The zero-order chi connectivity index (χ0) is 10.6. The molecule has 0 aliphatic heterocycles. The molecule has 0 bridgehead atoms. The highest BCUT2D eigenvalue weighted by molar-refractivity contribution is 9.09. The molecule has 0 fully saturated rings. The van der Waals surface area contributed by atoms with E-state index in [1.54, 1.807) is 0 Å². The minimum atomic E-state index is -1.02. The first-order valence-electron chi connectivity index (χ1n) is 4.06. The molecule has 0 saturated carbocycles. The normalized spacial score (nSPS) is 15.1. The Morgan fingerprint density at radius 3 is 2.57 bits per heavy atom. The van der Waals surface area contributed by atoms with Crippen molar-refractivity contribution in [2.45, 2.75) is 18.6 Å². The summed E-state index contributed by atoms with van der Waals surface area (Å²) in [5, 5.41) is 27.2. The van der Waals surface area contributed by atoms with Crippen molar-refractivity contribution in [1.82, 2.24) is 10.2 Å². The van der Waals surface area contributed by atoms with Gasteiger partial charge in [0, 0.05) is 5.33 Å². The van der Waals surface area contributed by atoms with Crippen LogP contribution in [0, 0.1) is 0 Å². The Bertz CT molecular complexity index is 283. The van der Waals surface area contributed by atoms with Crippen LogP contribution in [0.4, 0.5) is 0 Å². The quantitative estimate of drug-likeness (QED) is 0.817. The fourth-order valence-corrected chi connectivity index (χ4v) is 1.52. The Balaban J connectivity index is 2.68. The largest absolute Gasteiger partial charge is 0.390 e. The molecule has 2 atom stereocenters. The number of rotatable bonds is 4. The van der Waals surface area contributed by atoms with Crippen LogP contribution < -0.4 is 0 Å². The number of aliphatic hydroxyl groups excluding tert-OH is 2. The number of aliphatic hydroxyl groups is 2. The van der Waals surface area contributed by atoms with E-state index in [4.69, 9.17) is 11.6 Å². The van der Waals surface area contributed by atoms with Gasteiger partial charge in [-0.15, -0.1) is 5.10 Å². The highest BCUT2D eigenvalue weighted by Crippen LogP contribution is 2.17. The van der Waals surface area contributed by atoms with Crippen LogP contribution >= 0.6 is 27.5 Å². The number of hydrogen-bond donors (Lipinski definition) is 2. The minimum Gasteiger partial charge on any atom is -0.390 e. The summed E-state index contributed by atoms with van der Waals surface area (Å²) in [5.41, 5.74) is 0.322. The molecule has 6 heteroatoms. The molecule has 1 heterocycles. The molecule has 4 nitrogen and oxygen atoms in total. The number of alkyl halides is 1. The van der Waals surface area contributed by atoms with E-state index >= 15 is 0 Å². The molecule has 14 heavy (non-hydrogen) atoms. The smallest absolute Gasteiger partial charge is 0.151 e. The van der Waals surface area contributed by atoms with Gasteiger partial charge in [0.2, 0.25) is 0 Å². The van der Waals surface area contributed by atoms with Crippen LogP contribution in [0.2, 0.25) is 5.15 Å². The SMILES string of the molecule is OC(CCBr)C(O)c1ccc(Cl)nn1. The zero-order valence-electron chi connectivity index (χ0n) is 7.27. The van der Waals surface area contributed by atoms with Gasteiger partial charge < -0.3 is 10.2 Å². The second-order valence-electron chi connectivity index (χ2n) is 2.77. The summed E-state index contributed by atoms with van der Waals surface area (Å²) in [7, 11) is 0. The molecule has 1 aromatic heterocycles. The van der Waals surface area contributed by atoms with Gasteiger partial charge in [-0.3, -0.25) is 0 Å². The number of aromatic nitrogens is 2. The van der Waals surface area contributed by atoms with Crippen molar-refractivity contribution < 1.29 is 10.2 Å². The average Bonchev–Trinajstić information content (AvgIpc) is 2.18. The summed E-state index contributed by atoms with van der Waals surface area (Å²) in [4.78, 5) is 0. The number of nitrogens with zero attached hydrogens (tertiary/aromatic N) is 2. The first-order valence-corrected chi connectivity index (χ1v) is 5.56. The molecule has 0 amide bonds. The first-order chi connectivity index (χ1) is 6.65. The van der Waals surface area contributed by atoms with E-state index in [0.717, 1.165) is 0 Å². The van der Waals surface area contributed by atoms with Crippen molar-refractivity contribution in [2.75, 3.05) is 5.33 Å². The van der Waals surface area contributed by atoms with Crippen LogP contribution in [-0.2, 0) is 0 Å². The molecule has 78 valence electrons. The highest BCUT2D eigenvalue weighted by Gasteiger charge is 2.19. The van der Waals surface area contributed by atoms with E-state index in [1.807, 2.05) is 0 Å². The minimum absolute atomic E-state index is 0.260. The van der Waals surface area contributed by atoms with Crippen molar-refractivity contribution in [3.8, 4) is 0 Å². The molecule has 0 saturated heterocycles. The van der Waals surface area contributed by atoms with Gasteiger partial charge in [-0.2, -0.15) is 5.10 Å². The van der Waals surface area contributed by atoms with Crippen LogP contribution in [-0.4, -0.2) is 31.8 Å². The third-order valence-electron chi connectivity index (χ3n) is 1.72. The third kappa shape index (κ3) is 3.16. The molecule has 0 radical (unpaired) electrons. The molecule has 1 aromatic rings. The van der Waals surface area contributed by atoms with E-state index in [2.05, 4.69) is 26.1 Å². The van der Waals surface area contributed by atoms with Gasteiger partial charge in [0.25, 0.3) is 0 Å². The summed E-state index contributed by atoms with van der Waals surface area (Å²) in [6, 6.07) is 3.06. The molecule has 0 spiro atoms. The molecule has 0 aliphatic carbocycles. The van der Waals surface area contributed by atoms with Crippen LogP contribution in [0.25, 0.3) is 0 Å². The van der Waals surface area contributed by atoms with Gasteiger partial charge in [-0.1, -0.05) is 27.5 Å². The number of hydrogen-bond acceptors (Lipinski definition) is 4. The van der Waals surface area contributed by atoms with E-state index in [0.29, 0.717) is 17.4 Å². The zero-order valence-corrected chi connectivity index (χ0v) is 9.61. The van der Waals surface area contributed by atoms with Crippen LogP contribution in [0.3, 0.4) is 0 Å². The topological polar surface area (TPSA) is 66.2 Å². The van der Waals surface area contributed by atoms with Gasteiger partial charge >= 0.3 is 0 Å². The predicted molar refractivity (Wildman–Crippen MR) is 56.4 cm³/mol. The van der Waals surface area contributed by atoms with Gasteiger partial charge in [-0.05, 0) is 18.6 Å². The molecule has 2 N–H and O–H groups in total. The average molecular weight is 282 g/mol. The molecule has 2 unspecified atom stereocenters. The second kappa shape index (κ2) is 5.60. The maximum atomic E-state index is 9.59. The lowest BCUT2D eigenvalue weighted by Gasteiger charge is -2.15. The maximum Gasteiger partial charge on any atom is 0.151 e. The van der Waals surface area contributed by atoms with Gasteiger partial charge in [-0.25, -0.2) is 0 Å². The lowest BCUT2D eigenvalue weighted by Crippen LogP contribution is -2.19. The van der Waals surface area contributed by atoms with E-state index < -0.39 is 12.2 Å². The first kappa shape index (κ1) is 11.8. The summed E-state index contributed by atoms with van der Waals surface area (Å²) in [6.45, 7) is 0. The summed E-state index contributed by atoms with van der Waals surface area (Å²) < 4.78 is 0. The van der Waals surface area contributed by atoms with Gasteiger partial charge in [0.15, 0.2) is 5.15 Å². The van der Waals surface area contributed by atoms with Crippen molar-refractivity contribution in [3.63, 3.8) is 0 Å². The monoisotopic (exact) mass is 280 g/mol. The molecule has 0 aromatic carbocycles. The summed E-state index contributed by atoms with van der Waals surface area (Å²) >= 11 is 8.71. The Morgan fingerprint density at radius 1 is 1.36 bits per heavy atom. The van der Waals surface area contributed by atoms with Crippen molar-refractivity contribution in [3.05, 3.63) is 23.0 Å². The van der Waals surface area contributed by atoms with Crippen LogP contribution in [0.15, 0.2) is 12.1 Å². The van der Waals surface area contributed by atoms with Crippen molar-refractivity contribution in [1.29, 1.82) is 0 Å². The molecule has 1 rings (SSSR count). The van der Waals surface area contributed by atoms with Crippen LogP contribution in [0.1, 0.15) is 18.2 Å². The number of halogens is 2. The fraction of sp³-hybridized carbons (Fsp3) is 0.500. The van der Waals surface area contributed by atoms with E-state index in [9.17, 15) is 10.2 Å². The predicted octanol–water partition coefficient (Wildman–Crippen LogP) is 1.31. The Morgan fingerprint density at radius 2 is 2.07 bits per heavy atom. The van der Waals surface area contributed by atoms with E-state index in [1.165, 1.54) is 12.1 Å². The Labute approximate surface area is 95.1 Å². The molecular formula is C8H10BrClN2O2. The highest BCUT2D eigenvalue weighted by atomic mass is 79.9. The van der Waals surface area contributed by atoms with Gasteiger partial charge in [0.1, 0.15) is 6.10 Å². The maximum absolute atomic E-state index is 9.59. The summed E-state index contributed by atoms with van der Waals surface area (Å²) in [5.74, 6) is 0. The van der Waals surface area contributed by atoms with Gasteiger partial charge in [0.05, 0.1) is 11.8 Å². The lowest BCUT2D eigenvalue weighted by molar-refractivity contribution is 0.0143. The Kier molecular flexibility index (Phi) is 4.74. The van der Waals surface area contributed by atoms with Crippen LogP contribution in [0.5, 0.6) is 0 Å². The summed E-state index contributed by atoms with van der Waals surface area (Å²) in [6.07, 6.45) is -1.41. The van der Waals surface area contributed by atoms with E-state index in [-0.39, 0.29) is 5.15 Å². The third-order valence-corrected chi connectivity index (χ3v) is 2.38. The molecule has 0 aliphatic rings. The second-order valence-corrected chi connectivity index (χ2v) is 3.95. The standard InChI is InChI=1S/C8H10BrClN2O2/c9-4-3-6(13)8(14)5-1-2-7(10)12-11-5/h1-2,6,8,13-14H,3-4H2. The van der Waals surface area contributed by atoms with Crippen molar-refractivity contribution in [2.24, 2.45) is 0 Å². The fourth-order valence-electron chi connectivity index (χ4n) is 0.951. The molecular weight excluding hydrogens is 271 g/mol. The van der Waals surface area contributed by atoms with Crippen molar-refractivity contribution >= 4 is 27.5 Å².